The fraction of sp³-hybridized carbons (Fsp3) is 1.00. The Hall–Kier alpha value is 1.20. The van der Waals surface area contributed by atoms with Gasteiger partial charge in [0.1, 0.15) is 0 Å². The SMILES string of the molecule is CC(C)CC(N)CSSCC(N)CC(C)C.Cl.Cl. The summed E-state index contributed by atoms with van der Waals surface area (Å²) in [6.07, 6.45) is 2.23. The van der Waals surface area contributed by atoms with Crippen LogP contribution in [0.3, 0.4) is 0 Å². The van der Waals surface area contributed by atoms with E-state index in [0.717, 1.165) is 24.3 Å². The maximum absolute atomic E-state index is 6.01. The van der Waals surface area contributed by atoms with E-state index in [2.05, 4.69) is 27.7 Å². The molecule has 0 heterocycles. The van der Waals surface area contributed by atoms with E-state index in [1.807, 2.05) is 21.6 Å². The minimum absolute atomic E-state index is 0. The van der Waals surface area contributed by atoms with Gasteiger partial charge in [-0.3, -0.25) is 0 Å². The van der Waals surface area contributed by atoms with Crippen molar-refractivity contribution in [2.45, 2.75) is 52.6 Å². The predicted molar refractivity (Wildman–Crippen MR) is 94.3 cm³/mol. The van der Waals surface area contributed by atoms with Crippen LogP contribution in [0.5, 0.6) is 0 Å². The van der Waals surface area contributed by atoms with Gasteiger partial charge in [0.25, 0.3) is 0 Å². The molecule has 6 heteroatoms. The maximum atomic E-state index is 6.01. The monoisotopic (exact) mass is 336 g/mol. The van der Waals surface area contributed by atoms with Gasteiger partial charge >= 0.3 is 0 Å². The summed E-state index contributed by atoms with van der Waals surface area (Å²) in [5.41, 5.74) is 12.0. The van der Waals surface area contributed by atoms with E-state index < -0.39 is 0 Å². The number of hydrogen-bond acceptors (Lipinski definition) is 4. The second kappa shape index (κ2) is 14.6. The Bertz CT molecular complexity index is 154. The Balaban J connectivity index is -0.00000112. The van der Waals surface area contributed by atoms with Crippen molar-refractivity contribution in [3.8, 4) is 0 Å². The van der Waals surface area contributed by atoms with Gasteiger partial charge in [0.15, 0.2) is 0 Å². The molecule has 4 N–H and O–H groups in total. The Labute approximate surface area is 133 Å². The van der Waals surface area contributed by atoms with Crippen LogP contribution in [0.2, 0.25) is 0 Å². The van der Waals surface area contributed by atoms with Gasteiger partial charge in [0.05, 0.1) is 0 Å². The molecule has 0 radical (unpaired) electrons. The molecular weight excluding hydrogens is 307 g/mol. The predicted octanol–water partition coefficient (Wildman–Crippen LogP) is 3.96. The molecule has 0 aromatic carbocycles. The summed E-state index contributed by atoms with van der Waals surface area (Å²) in [5, 5.41) is 0. The molecular formula is C12H30Cl2N2S2. The third-order valence-electron chi connectivity index (χ3n) is 2.20. The Morgan fingerprint density at radius 3 is 1.22 bits per heavy atom. The van der Waals surface area contributed by atoms with Gasteiger partial charge in [-0.1, -0.05) is 49.3 Å². The van der Waals surface area contributed by atoms with E-state index in [0.29, 0.717) is 23.9 Å². The van der Waals surface area contributed by atoms with Crippen LogP contribution in [0.15, 0.2) is 0 Å². The number of hydrogen-bond donors (Lipinski definition) is 2. The van der Waals surface area contributed by atoms with Gasteiger partial charge in [-0.2, -0.15) is 0 Å². The highest BCUT2D eigenvalue weighted by Crippen LogP contribution is 2.24. The van der Waals surface area contributed by atoms with Crippen molar-refractivity contribution in [1.29, 1.82) is 0 Å². The molecule has 2 nitrogen and oxygen atoms in total. The standard InChI is InChI=1S/C12H28N2S2.2ClH/c1-9(2)5-11(13)7-15-16-8-12(14)6-10(3)4;;/h9-12H,5-8,13-14H2,1-4H3;2*1H. The average Bonchev–Trinajstić information content (AvgIpc) is 2.10. The van der Waals surface area contributed by atoms with E-state index in [-0.39, 0.29) is 24.8 Å². The zero-order valence-corrected chi connectivity index (χ0v) is 15.2. The van der Waals surface area contributed by atoms with E-state index in [1.54, 1.807) is 0 Å². The first-order valence-electron chi connectivity index (χ1n) is 6.17. The first-order chi connectivity index (χ1) is 7.41. The van der Waals surface area contributed by atoms with Gasteiger partial charge < -0.3 is 11.5 Å². The van der Waals surface area contributed by atoms with E-state index in [4.69, 9.17) is 11.5 Å². The van der Waals surface area contributed by atoms with Crippen molar-refractivity contribution in [3.05, 3.63) is 0 Å². The fourth-order valence-electron chi connectivity index (χ4n) is 1.62. The quantitative estimate of drug-likeness (QED) is 0.494. The number of rotatable bonds is 9. The van der Waals surface area contributed by atoms with Crippen molar-refractivity contribution < 1.29 is 0 Å². The van der Waals surface area contributed by atoms with Crippen LogP contribution in [0.1, 0.15) is 40.5 Å². The highest BCUT2D eigenvalue weighted by Gasteiger charge is 2.08. The van der Waals surface area contributed by atoms with Crippen LogP contribution >= 0.6 is 46.4 Å². The van der Waals surface area contributed by atoms with Gasteiger partial charge in [-0.25, -0.2) is 0 Å². The number of nitrogens with two attached hydrogens (primary N) is 2. The summed E-state index contributed by atoms with van der Waals surface area (Å²) in [6.45, 7) is 8.87. The molecule has 0 aliphatic heterocycles. The lowest BCUT2D eigenvalue weighted by Gasteiger charge is -2.15. The third-order valence-corrected chi connectivity index (χ3v) is 4.81. The zero-order chi connectivity index (χ0) is 12.6. The smallest absolute Gasteiger partial charge is 0.0189 e. The summed E-state index contributed by atoms with van der Waals surface area (Å²) in [7, 11) is 3.74. The average molecular weight is 337 g/mol. The highest BCUT2D eigenvalue weighted by atomic mass is 35.5. The molecule has 0 rings (SSSR count). The van der Waals surface area contributed by atoms with Crippen LogP contribution in [-0.4, -0.2) is 23.6 Å². The fourth-order valence-corrected chi connectivity index (χ4v) is 4.06. The van der Waals surface area contributed by atoms with Crippen LogP contribution in [0.25, 0.3) is 0 Å². The molecule has 0 aliphatic carbocycles. The summed E-state index contributed by atoms with van der Waals surface area (Å²) in [5.74, 6) is 3.47. The largest absolute Gasteiger partial charge is 0.327 e. The summed E-state index contributed by atoms with van der Waals surface area (Å²) in [4.78, 5) is 0. The minimum atomic E-state index is 0. The second-order valence-electron chi connectivity index (χ2n) is 5.35. The Kier molecular flexibility index (Phi) is 19.7. The topological polar surface area (TPSA) is 52.0 Å². The molecule has 0 aliphatic rings. The molecule has 2 unspecified atom stereocenters. The Morgan fingerprint density at radius 2 is 1.00 bits per heavy atom. The first kappa shape index (κ1) is 24.2. The molecule has 0 fully saturated rings. The molecule has 114 valence electrons. The van der Waals surface area contributed by atoms with E-state index >= 15 is 0 Å². The van der Waals surface area contributed by atoms with Gasteiger partial charge in [0, 0.05) is 23.6 Å². The summed E-state index contributed by atoms with van der Waals surface area (Å²) in [6, 6.07) is 0.664. The van der Waals surface area contributed by atoms with Crippen molar-refractivity contribution in [3.63, 3.8) is 0 Å². The lowest BCUT2D eigenvalue weighted by atomic mass is 10.1. The lowest BCUT2D eigenvalue weighted by Crippen LogP contribution is -2.26. The van der Waals surface area contributed by atoms with Crippen molar-refractivity contribution in [2.24, 2.45) is 23.3 Å². The summed E-state index contributed by atoms with van der Waals surface area (Å²) < 4.78 is 0. The van der Waals surface area contributed by atoms with Gasteiger partial charge in [-0.05, 0) is 24.7 Å². The van der Waals surface area contributed by atoms with E-state index in [9.17, 15) is 0 Å². The molecule has 0 spiro atoms. The normalized spacial score (nSPS) is 14.0. The van der Waals surface area contributed by atoms with Crippen molar-refractivity contribution in [1.82, 2.24) is 0 Å². The molecule has 0 saturated heterocycles. The third kappa shape index (κ3) is 17.2. The second-order valence-corrected chi connectivity index (χ2v) is 7.90. The van der Waals surface area contributed by atoms with Gasteiger partial charge in [0.2, 0.25) is 0 Å². The van der Waals surface area contributed by atoms with Crippen LogP contribution in [0, 0.1) is 11.8 Å². The molecule has 18 heavy (non-hydrogen) atoms. The maximum Gasteiger partial charge on any atom is 0.0189 e. The lowest BCUT2D eigenvalue weighted by molar-refractivity contribution is 0.524. The molecule has 0 aromatic heterocycles. The number of halogens is 2. The molecule has 0 amide bonds. The minimum Gasteiger partial charge on any atom is -0.327 e. The molecule has 0 saturated carbocycles. The molecule has 0 aromatic rings. The molecule has 2 atom stereocenters. The van der Waals surface area contributed by atoms with Crippen molar-refractivity contribution >= 4 is 46.4 Å². The van der Waals surface area contributed by atoms with Gasteiger partial charge in [-0.15, -0.1) is 24.8 Å². The first-order valence-corrected chi connectivity index (χ1v) is 8.66. The summed E-state index contributed by atoms with van der Waals surface area (Å²) >= 11 is 0. The van der Waals surface area contributed by atoms with Crippen LogP contribution < -0.4 is 11.5 Å². The Morgan fingerprint density at radius 1 is 0.722 bits per heavy atom. The van der Waals surface area contributed by atoms with Crippen molar-refractivity contribution in [2.75, 3.05) is 11.5 Å². The van der Waals surface area contributed by atoms with E-state index in [1.165, 1.54) is 0 Å². The highest BCUT2D eigenvalue weighted by molar-refractivity contribution is 8.76. The zero-order valence-electron chi connectivity index (χ0n) is 11.9. The molecule has 0 bridgehead atoms. The van der Waals surface area contributed by atoms with Crippen LogP contribution in [-0.2, 0) is 0 Å². The van der Waals surface area contributed by atoms with Crippen LogP contribution in [0.4, 0.5) is 0 Å².